The van der Waals surface area contributed by atoms with Gasteiger partial charge in [0.2, 0.25) is 0 Å². The van der Waals surface area contributed by atoms with Crippen LogP contribution in [0.25, 0.3) is 0 Å². The summed E-state index contributed by atoms with van der Waals surface area (Å²) in [6.07, 6.45) is 7.11. The summed E-state index contributed by atoms with van der Waals surface area (Å²) in [7, 11) is 0. The highest BCUT2D eigenvalue weighted by atomic mass is 14.6. The SMILES string of the molecule is N#CCCCCCC(N)CCCN. The second-order valence-corrected chi connectivity index (χ2v) is 3.45. The fourth-order valence-electron chi connectivity index (χ4n) is 1.31. The molecule has 0 saturated heterocycles. The van der Waals surface area contributed by atoms with E-state index >= 15 is 0 Å². The summed E-state index contributed by atoms with van der Waals surface area (Å²) in [5.41, 5.74) is 11.2. The molecule has 1 unspecified atom stereocenters. The Kier molecular flexibility index (Phi) is 9.07. The number of rotatable bonds is 8. The van der Waals surface area contributed by atoms with Crippen LogP contribution in [0, 0.1) is 11.3 Å². The quantitative estimate of drug-likeness (QED) is 0.560. The largest absolute Gasteiger partial charge is 0.330 e. The molecule has 0 aromatic heterocycles. The molecule has 0 bridgehead atoms. The highest BCUT2D eigenvalue weighted by molar-refractivity contribution is 4.68. The molecular formula is C10H21N3. The predicted molar refractivity (Wildman–Crippen MR) is 55.0 cm³/mol. The van der Waals surface area contributed by atoms with Crippen LogP contribution < -0.4 is 11.5 Å². The molecule has 0 amide bonds. The summed E-state index contributed by atoms with van der Waals surface area (Å²) in [4.78, 5) is 0. The highest BCUT2D eigenvalue weighted by Gasteiger charge is 2.00. The van der Waals surface area contributed by atoms with Crippen molar-refractivity contribution in [1.82, 2.24) is 0 Å². The Morgan fingerprint density at radius 2 is 1.77 bits per heavy atom. The first-order chi connectivity index (χ1) is 6.31. The van der Waals surface area contributed by atoms with E-state index in [2.05, 4.69) is 6.07 Å². The Hall–Kier alpha value is -0.590. The molecule has 0 heterocycles. The van der Waals surface area contributed by atoms with Crippen LogP contribution in [0.1, 0.15) is 44.9 Å². The van der Waals surface area contributed by atoms with E-state index in [1.165, 1.54) is 0 Å². The average molecular weight is 183 g/mol. The first-order valence-corrected chi connectivity index (χ1v) is 5.14. The lowest BCUT2D eigenvalue weighted by Gasteiger charge is -2.09. The summed E-state index contributed by atoms with van der Waals surface area (Å²) >= 11 is 0. The monoisotopic (exact) mass is 183 g/mol. The van der Waals surface area contributed by atoms with Crippen molar-refractivity contribution < 1.29 is 0 Å². The minimum atomic E-state index is 0.311. The molecule has 76 valence electrons. The zero-order valence-corrected chi connectivity index (χ0v) is 8.34. The van der Waals surface area contributed by atoms with Gasteiger partial charge in [0.15, 0.2) is 0 Å². The lowest BCUT2D eigenvalue weighted by atomic mass is 10.0. The van der Waals surface area contributed by atoms with Crippen molar-refractivity contribution in [3.63, 3.8) is 0 Å². The third kappa shape index (κ3) is 9.32. The normalized spacial score (nSPS) is 12.4. The second kappa shape index (κ2) is 9.50. The summed E-state index contributed by atoms with van der Waals surface area (Å²) in [5, 5.41) is 8.30. The molecule has 0 radical (unpaired) electrons. The van der Waals surface area contributed by atoms with Crippen molar-refractivity contribution in [3.8, 4) is 6.07 Å². The van der Waals surface area contributed by atoms with Crippen LogP contribution in [0.4, 0.5) is 0 Å². The van der Waals surface area contributed by atoms with Gasteiger partial charge in [-0.05, 0) is 32.2 Å². The second-order valence-electron chi connectivity index (χ2n) is 3.45. The zero-order chi connectivity index (χ0) is 9.94. The number of nitrogens with zero attached hydrogens (tertiary/aromatic N) is 1. The molecule has 0 rings (SSSR count). The van der Waals surface area contributed by atoms with E-state index in [9.17, 15) is 0 Å². The van der Waals surface area contributed by atoms with E-state index in [0.29, 0.717) is 12.5 Å². The van der Waals surface area contributed by atoms with E-state index in [1.54, 1.807) is 0 Å². The van der Waals surface area contributed by atoms with Crippen LogP contribution in [-0.2, 0) is 0 Å². The molecule has 0 fully saturated rings. The fraction of sp³-hybridized carbons (Fsp3) is 0.900. The summed E-state index contributed by atoms with van der Waals surface area (Å²) < 4.78 is 0. The topological polar surface area (TPSA) is 75.8 Å². The average Bonchev–Trinajstić information content (AvgIpc) is 2.14. The van der Waals surface area contributed by atoms with Crippen LogP contribution in [0.5, 0.6) is 0 Å². The predicted octanol–water partition coefficient (Wildman–Crippen LogP) is 1.53. The molecule has 4 N–H and O–H groups in total. The molecule has 13 heavy (non-hydrogen) atoms. The van der Waals surface area contributed by atoms with Gasteiger partial charge in [-0.15, -0.1) is 0 Å². The first kappa shape index (κ1) is 12.4. The van der Waals surface area contributed by atoms with Gasteiger partial charge >= 0.3 is 0 Å². The Morgan fingerprint density at radius 3 is 2.38 bits per heavy atom. The maximum atomic E-state index is 8.30. The van der Waals surface area contributed by atoms with Gasteiger partial charge in [0, 0.05) is 12.5 Å². The molecule has 0 saturated carbocycles. The van der Waals surface area contributed by atoms with Gasteiger partial charge in [-0.25, -0.2) is 0 Å². The summed E-state index contributed by atoms with van der Waals surface area (Å²) in [6.45, 7) is 0.738. The van der Waals surface area contributed by atoms with Crippen LogP contribution >= 0.6 is 0 Å². The van der Waals surface area contributed by atoms with Gasteiger partial charge in [0.05, 0.1) is 6.07 Å². The molecule has 1 atom stereocenters. The van der Waals surface area contributed by atoms with Gasteiger partial charge in [-0.1, -0.05) is 12.8 Å². The van der Waals surface area contributed by atoms with E-state index in [-0.39, 0.29) is 0 Å². The third-order valence-corrected chi connectivity index (χ3v) is 2.14. The van der Waals surface area contributed by atoms with Gasteiger partial charge in [0.25, 0.3) is 0 Å². The minimum Gasteiger partial charge on any atom is -0.330 e. The Morgan fingerprint density at radius 1 is 1.08 bits per heavy atom. The number of nitriles is 1. The molecule has 0 aliphatic heterocycles. The van der Waals surface area contributed by atoms with E-state index in [4.69, 9.17) is 16.7 Å². The van der Waals surface area contributed by atoms with Crippen molar-refractivity contribution in [2.75, 3.05) is 6.54 Å². The first-order valence-electron chi connectivity index (χ1n) is 5.14. The number of hydrogen-bond donors (Lipinski definition) is 2. The van der Waals surface area contributed by atoms with Crippen LogP contribution in [0.15, 0.2) is 0 Å². The van der Waals surface area contributed by atoms with Gasteiger partial charge in [0.1, 0.15) is 0 Å². The van der Waals surface area contributed by atoms with E-state index in [1.807, 2.05) is 0 Å². The molecule has 3 heteroatoms. The lowest BCUT2D eigenvalue weighted by molar-refractivity contribution is 0.513. The molecule has 0 aliphatic rings. The maximum Gasteiger partial charge on any atom is 0.0621 e. The molecule has 3 nitrogen and oxygen atoms in total. The Labute approximate surface area is 81.1 Å². The van der Waals surface area contributed by atoms with Crippen molar-refractivity contribution in [3.05, 3.63) is 0 Å². The molecule has 0 aromatic rings. The van der Waals surface area contributed by atoms with Gasteiger partial charge < -0.3 is 11.5 Å². The number of nitrogens with two attached hydrogens (primary N) is 2. The minimum absolute atomic E-state index is 0.311. The van der Waals surface area contributed by atoms with Crippen molar-refractivity contribution in [1.29, 1.82) is 5.26 Å². The highest BCUT2D eigenvalue weighted by Crippen LogP contribution is 2.07. The van der Waals surface area contributed by atoms with Crippen LogP contribution in [0.3, 0.4) is 0 Å². The number of unbranched alkanes of at least 4 members (excludes halogenated alkanes) is 3. The van der Waals surface area contributed by atoms with Crippen molar-refractivity contribution in [2.24, 2.45) is 11.5 Å². The Bertz CT molecular complexity index is 140. The molecule has 0 aliphatic carbocycles. The Balaban J connectivity index is 3.08. The maximum absolute atomic E-state index is 8.30. The van der Waals surface area contributed by atoms with Gasteiger partial charge in [-0.3, -0.25) is 0 Å². The number of hydrogen-bond acceptors (Lipinski definition) is 3. The van der Waals surface area contributed by atoms with E-state index in [0.717, 1.165) is 45.1 Å². The van der Waals surface area contributed by atoms with Crippen LogP contribution in [-0.4, -0.2) is 12.6 Å². The lowest BCUT2D eigenvalue weighted by Crippen LogP contribution is -2.20. The fourth-order valence-corrected chi connectivity index (χ4v) is 1.31. The standard InChI is InChI=1S/C10H21N3/c11-8-4-2-1-3-6-10(13)7-5-9-12/h10H,1-7,9,12-13H2. The van der Waals surface area contributed by atoms with E-state index < -0.39 is 0 Å². The smallest absolute Gasteiger partial charge is 0.0621 e. The molecule has 0 spiro atoms. The summed E-state index contributed by atoms with van der Waals surface area (Å²) in [5.74, 6) is 0. The zero-order valence-electron chi connectivity index (χ0n) is 8.34. The van der Waals surface area contributed by atoms with Crippen molar-refractivity contribution >= 4 is 0 Å². The van der Waals surface area contributed by atoms with Gasteiger partial charge in [-0.2, -0.15) is 5.26 Å². The summed E-state index contributed by atoms with van der Waals surface area (Å²) in [6, 6.07) is 2.45. The molecular weight excluding hydrogens is 162 g/mol. The molecule has 0 aromatic carbocycles. The van der Waals surface area contributed by atoms with Crippen molar-refractivity contribution in [2.45, 2.75) is 51.0 Å². The third-order valence-electron chi connectivity index (χ3n) is 2.14. The van der Waals surface area contributed by atoms with Crippen LogP contribution in [0.2, 0.25) is 0 Å².